The van der Waals surface area contributed by atoms with Gasteiger partial charge in [-0.05, 0) is 18.2 Å². The summed E-state index contributed by atoms with van der Waals surface area (Å²) in [4.78, 5) is 17.4. The minimum Gasteiger partial charge on any atom is -0.478 e. The molecule has 2 aromatic rings. The Hall–Kier alpha value is -2.82. The van der Waals surface area contributed by atoms with Crippen molar-refractivity contribution >= 4 is 23.5 Å². The summed E-state index contributed by atoms with van der Waals surface area (Å²) in [5, 5.41) is 8.86. The summed E-state index contributed by atoms with van der Waals surface area (Å²) in [6.07, 6.45) is 8.07. The van der Waals surface area contributed by atoms with Crippen molar-refractivity contribution in [2.75, 3.05) is 18.0 Å². The van der Waals surface area contributed by atoms with E-state index in [0.717, 1.165) is 17.4 Å². The molecule has 0 unspecified atom stereocenters. The van der Waals surface area contributed by atoms with Crippen molar-refractivity contribution in [3.63, 3.8) is 0 Å². The maximum atomic E-state index is 10.8. The molecule has 2 heterocycles. The second kappa shape index (κ2) is 6.56. The van der Waals surface area contributed by atoms with E-state index >= 15 is 0 Å². The first-order valence-electron chi connectivity index (χ1n) is 6.52. The first kappa shape index (κ1) is 14.6. The molecule has 0 aliphatic rings. The van der Waals surface area contributed by atoms with Crippen LogP contribution in [0.4, 0.5) is 5.82 Å². The summed E-state index contributed by atoms with van der Waals surface area (Å²) in [7, 11) is 0. The largest absolute Gasteiger partial charge is 0.478 e. The molecule has 0 aromatic carbocycles. The van der Waals surface area contributed by atoms with Gasteiger partial charge in [0.1, 0.15) is 5.65 Å². The number of imidazole rings is 1. The van der Waals surface area contributed by atoms with Gasteiger partial charge < -0.3 is 10.0 Å². The molecule has 108 valence electrons. The molecule has 0 fully saturated rings. The van der Waals surface area contributed by atoms with Crippen LogP contribution in [-0.2, 0) is 4.79 Å². The molecule has 1 N–H and O–H groups in total. The lowest BCUT2D eigenvalue weighted by atomic mass is 10.3. The Morgan fingerprint density at radius 2 is 2.05 bits per heavy atom. The van der Waals surface area contributed by atoms with Crippen LogP contribution in [0.3, 0.4) is 0 Å². The summed E-state index contributed by atoms with van der Waals surface area (Å²) >= 11 is 0. The van der Waals surface area contributed by atoms with Crippen molar-refractivity contribution in [3.05, 3.63) is 61.5 Å². The Morgan fingerprint density at radius 3 is 2.67 bits per heavy atom. The van der Waals surface area contributed by atoms with Crippen LogP contribution in [0.2, 0.25) is 0 Å². The zero-order valence-electron chi connectivity index (χ0n) is 11.6. The fourth-order valence-corrected chi connectivity index (χ4v) is 2.10. The van der Waals surface area contributed by atoms with Gasteiger partial charge in [0.2, 0.25) is 0 Å². The van der Waals surface area contributed by atoms with Crippen LogP contribution in [0, 0.1) is 0 Å². The molecule has 0 saturated carbocycles. The maximum Gasteiger partial charge on any atom is 0.328 e. The molecule has 0 aliphatic heterocycles. The molecule has 0 radical (unpaired) electrons. The summed E-state index contributed by atoms with van der Waals surface area (Å²) < 4.78 is 1.86. The Kier molecular flexibility index (Phi) is 4.56. The predicted octanol–water partition coefficient (Wildman–Crippen LogP) is 2.61. The molecule has 0 spiro atoms. The van der Waals surface area contributed by atoms with Gasteiger partial charge in [0.05, 0.1) is 5.69 Å². The van der Waals surface area contributed by atoms with Gasteiger partial charge in [0.15, 0.2) is 5.82 Å². The zero-order valence-corrected chi connectivity index (χ0v) is 11.6. The highest BCUT2D eigenvalue weighted by atomic mass is 16.4. The fourth-order valence-electron chi connectivity index (χ4n) is 2.10. The van der Waals surface area contributed by atoms with E-state index < -0.39 is 5.97 Å². The maximum absolute atomic E-state index is 10.8. The number of anilines is 1. The minimum atomic E-state index is -0.995. The van der Waals surface area contributed by atoms with Gasteiger partial charge in [-0.3, -0.25) is 4.40 Å². The number of carboxylic acids is 1. The van der Waals surface area contributed by atoms with E-state index in [2.05, 4.69) is 18.1 Å². The van der Waals surface area contributed by atoms with E-state index in [9.17, 15) is 4.79 Å². The third kappa shape index (κ3) is 3.20. The molecule has 21 heavy (non-hydrogen) atoms. The molecule has 5 nitrogen and oxygen atoms in total. The molecule has 0 aliphatic carbocycles. The summed E-state index contributed by atoms with van der Waals surface area (Å²) in [6, 6.07) is 5.64. The SMILES string of the molecule is C=CCN(CC=C)c1nc2ccccn2c1/C=C/C(=O)O. The summed E-state index contributed by atoms with van der Waals surface area (Å²) in [5.74, 6) is -0.288. The zero-order chi connectivity index (χ0) is 15.2. The Balaban J connectivity index is 2.59. The topological polar surface area (TPSA) is 57.8 Å². The van der Waals surface area contributed by atoms with Crippen LogP contribution in [0.15, 0.2) is 55.8 Å². The van der Waals surface area contributed by atoms with Crippen molar-refractivity contribution < 1.29 is 9.90 Å². The standard InChI is InChI=1S/C16H17N3O2/c1-3-10-18(11-4-2)16-13(8-9-15(20)21)19-12-6-5-7-14(19)17-16/h3-9,12H,1-2,10-11H2,(H,20,21)/b9-8+. The van der Waals surface area contributed by atoms with E-state index in [0.29, 0.717) is 18.9 Å². The Bertz CT molecular complexity index is 691. The van der Waals surface area contributed by atoms with Gasteiger partial charge in [-0.15, -0.1) is 13.2 Å². The van der Waals surface area contributed by atoms with E-state index in [-0.39, 0.29) is 0 Å². The minimum absolute atomic E-state index is 0.601. The molecule has 2 rings (SSSR count). The van der Waals surface area contributed by atoms with Crippen molar-refractivity contribution in [1.29, 1.82) is 0 Å². The van der Waals surface area contributed by atoms with Crippen LogP contribution >= 0.6 is 0 Å². The molecule has 0 amide bonds. The number of nitrogens with zero attached hydrogens (tertiary/aromatic N) is 3. The Morgan fingerprint density at radius 1 is 1.33 bits per heavy atom. The summed E-state index contributed by atoms with van der Waals surface area (Å²) in [5.41, 5.74) is 1.48. The highest BCUT2D eigenvalue weighted by Gasteiger charge is 2.15. The second-order valence-electron chi connectivity index (χ2n) is 4.40. The fraction of sp³-hybridized carbons (Fsp3) is 0.125. The normalized spacial score (nSPS) is 10.9. The number of fused-ring (bicyclic) bond motifs is 1. The quantitative estimate of drug-likeness (QED) is 0.627. The Labute approximate surface area is 123 Å². The predicted molar refractivity (Wildman–Crippen MR) is 84.5 cm³/mol. The van der Waals surface area contributed by atoms with Gasteiger partial charge in [-0.25, -0.2) is 9.78 Å². The van der Waals surface area contributed by atoms with Crippen LogP contribution in [0.1, 0.15) is 5.69 Å². The molecule has 2 aromatic heterocycles. The number of carbonyl (C=O) groups is 1. The number of hydrogen-bond acceptors (Lipinski definition) is 3. The first-order valence-corrected chi connectivity index (χ1v) is 6.52. The highest BCUT2D eigenvalue weighted by molar-refractivity contribution is 5.86. The van der Waals surface area contributed by atoms with Crippen molar-refractivity contribution in [1.82, 2.24) is 9.38 Å². The number of carboxylic acid groups (broad SMARTS) is 1. The third-order valence-corrected chi connectivity index (χ3v) is 2.93. The average molecular weight is 283 g/mol. The van der Waals surface area contributed by atoms with Crippen molar-refractivity contribution in [3.8, 4) is 0 Å². The molecule has 0 bridgehead atoms. The third-order valence-electron chi connectivity index (χ3n) is 2.93. The van der Waals surface area contributed by atoms with Gasteiger partial charge in [-0.2, -0.15) is 0 Å². The van der Waals surface area contributed by atoms with Crippen LogP contribution in [0.25, 0.3) is 11.7 Å². The molecule has 5 heteroatoms. The highest BCUT2D eigenvalue weighted by Crippen LogP contribution is 2.23. The lowest BCUT2D eigenvalue weighted by Crippen LogP contribution is -2.24. The van der Waals surface area contributed by atoms with Gasteiger partial charge >= 0.3 is 5.97 Å². The van der Waals surface area contributed by atoms with E-state index in [1.807, 2.05) is 33.7 Å². The van der Waals surface area contributed by atoms with Crippen molar-refractivity contribution in [2.45, 2.75) is 0 Å². The van der Waals surface area contributed by atoms with Crippen LogP contribution in [-0.4, -0.2) is 33.6 Å². The number of aliphatic carboxylic acids is 1. The number of pyridine rings is 1. The first-order chi connectivity index (χ1) is 10.2. The van der Waals surface area contributed by atoms with Crippen LogP contribution in [0.5, 0.6) is 0 Å². The number of aromatic nitrogens is 2. The smallest absolute Gasteiger partial charge is 0.328 e. The van der Waals surface area contributed by atoms with Gasteiger partial charge in [-0.1, -0.05) is 18.2 Å². The molecule has 0 atom stereocenters. The monoisotopic (exact) mass is 283 g/mol. The van der Waals surface area contributed by atoms with E-state index in [1.54, 1.807) is 18.2 Å². The van der Waals surface area contributed by atoms with Crippen LogP contribution < -0.4 is 4.90 Å². The van der Waals surface area contributed by atoms with E-state index in [4.69, 9.17) is 5.11 Å². The van der Waals surface area contributed by atoms with Crippen molar-refractivity contribution in [2.24, 2.45) is 0 Å². The summed E-state index contributed by atoms with van der Waals surface area (Å²) in [6.45, 7) is 8.69. The molecular weight excluding hydrogens is 266 g/mol. The lowest BCUT2D eigenvalue weighted by Gasteiger charge is -2.19. The van der Waals surface area contributed by atoms with Gasteiger partial charge in [0.25, 0.3) is 0 Å². The van der Waals surface area contributed by atoms with Gasteiger partial charge in [0, 0.05) is 25.4 Å². The molecule has 0 saturated heterocycles. The second-order valence-corrected chi connectivity index (χ2v) is 4.40. The van der Waals surface area contributed by atoms with E-state index in [1.165, 1.54) is 0 Å². The number of hydrogen-bond donors (Lipinski definition) is 1. The average Bonchev–Trinajstić information content (AvgIpc) is 2.83. The lowest BCUT2D eigenvalue weighted by molar-refractivity contribution is -0.131. The molecular formula is C16H17N3O2. The number of rotatable bonds is 7.